The Morgan fingerprint density at radius 3 is 2.84 bits per heavy atom. The molecule has 0 unspecified atom stereocenters. The van der Waals surface area contributed by atoms with E-state index in [2.05, 4.69) is 4.90 Å². The van der Waals surface area contributed by atoms with E-state index >= 15 is 0 Å². The van der Waals surface area contributed by atoms with Gasteiger partial charge in [0.05, 0.1) is 0 Å². The van der Waals surface area contributed by atoms with Crippen LogP contribution in [0.25, 0.3) is 0 Å². The topological polar surface area (TPSA) is 36.7 Å². The van der Waals surface area contributed by atoms with Gasteiger partial charge in [-0.2, -0.15) is 0 Å². The van der Waals surface area contributed by atoms with Gasteiger partial charge in [0.2, 0.25) is 0 Å². The third-order valence-corrected chi connectivity index (χ3v) is 3.67. The van der Waals surface area contributed by atoms with E-state index in [0.717, 1.165) is 51.3 Å². The fraction of sp³-hybridized carbons (Fsp3) is 0.643. The number of furan rings is 1. The lowest BCUT2D eigenvalue weighted by Gasteiger charge is -2.20. The molecule has 1 aromatic heterocycles. The predicted molar refractivity (Wildman–Crippen MR) is 75.8 cm³/mol. The van der Waals surface area contributed by atoms with Crippen LogP contribution >= 0.6 is 11.6 Å². The maximum atomic E-state index is 12.3. The van der Waals surface area contributed by atoms with Crippen molar-refractivity contribution >= 4 is 17.5 Å². The van der Waals surface area contributed by atoms with Crippen molar-refractivity contribution in [3.63, 3.8) is 0 Å². The average molecular weight is 285 g/mol. The zero-order valence-corrected chi connectivity index (χ0v) is 12.2. The first-order chi connectivity index (χ1) is 9.24. The molecule has 1 saturated heterocycles. The van der Waals surface area contributed by atoms with Crippen molar-refractivity contribution in [2.75, 3.05) is 38.6 Å². The molecule has 4 nitrogen and oxygen atoms in total. The Morgan fingerprint density at radius 1 is 1.32 bits per heavy atom. The molecular weight excluding hydrogens is 264 g/mol. The van der Waals surface area contributed by atoms with E-state index in [1.165, 1.54) is 0 Å². The fourth-order valence-electron chi connectivity index (χ4n) is 2.36. The molecule has 0 saturated carbocycles. The maximum Gasteiger partial charge on any atom is 0.289 e. The molecule has 19 heavy (non-hydrogen) atoms. The molecule has 106 valence electrons. The fourth-order valence-corrected chi connectivity index (χ4v) is 2.59. The number of hydrogen-bond acceptors (Lipinski definition) is 3. The lowest BCUT2D eigenvalue weighted by Crippen LogP contribution is -2.35. The summed E-state index contributed by atoms with van der Waals surface area (Å²) in [5.41, 5.74) is 0. The quantitative estimate of drug-likeness (QED) is 0.796. The van der Waals surface area contributed by atoms with Crippen LogP contribution < -0.4 is 0 Å². The van der Waals surface area contributed by atoms with E-state index in [0.29, 0.717) is 11.6 Å². The van der Waals surface area contributed by atoms with Gasteiger partial charge in [0.15, 0.2) is 5.76 Å². The first-order valence-electron chi connectivity index (χ1n) is 6.91. The molecule has 0 bridgehead atoms. The molecule has 5 heteroatoms. The van der Waals surface area contributed by atoms with E-state index in [9.17, 15) is 4.79 Å². The number of nitrogens with zero attached hydrogens (tertiary/aromatic N) is 2. The van der Waals surface area contributed by atoms with E-state index in [-0.39, 0.29) is 5.91 Å². The molecule has 0 aliphatic carbocycles. The van der Waals surface area contributed by atoms with Crippen molar-refractivity contribution in [2.45, 2.75) is 19.8 Å². The van der Waals surface area contributed by atoms with Gasteiger partial charge in [-0.05, 0) is 25.1 Å². The minimum Gasteiger partial charge on any atom is -0.456 e. The van der Waals surface area contributed by atoms with Crippen LogP contribution in [0.15, 0.2) is 16.5 Å². The lowest BCUT2D eigenvalue weighted by molar-refractivity contribution is 0.0728. The molecular formula is C14H21ClN2O2. The standard InChI is InChI=1S/C14H21ClN2O2/c1-2-12-4-5-13(19-12)14(18)17-8-3-7-16(9-6-15)10-11-17/h4-5H,2-3,6-11H2,1H3. The molecule has 2 rings (SSSR count). The number of amides is 1. The summed E-state index contributed by atoms with van der Waals surface area (Å²) in [5.74, 6) is 1.98. The third kappa shape index (κ3) is 3.74. The van der Waals surface area contributed by atoms with Crippen LogP contribution in [0.4, 0.5) is 0 Å². The number of carbonyl (C=O) groups excluding carboxylic acids is 1. The summed E-state index contributed by atoms with van der Waals surface area (Å²) >= 11 is 5.76. The molecule has 0 spiro atoms. The second-order valence-electron chi connectivity index (χ2n) is 4.80. The van der Waals surface area contributed by atoms with Crippen molar-refractivity contribution in [1.29, 1.82) is 0 Å². The van der Waals surface area contributed by atoms with Gasteiger partial charge in [-0.1, -0.05) is 6.92 Å². The first kappa shape index (κ1) is 14.4. The Balaban J connectivity index is 1.95. The Hall–Kier alpha value is -1.00. The number of alkyl halides is 1. The van der Waals surface area contributed by atoms with Crippen molar-refractivity contribution in [2.24, 2.45) is 0 Å². The van der Waals surface area contributed by atoms with E-state index in [1.54, 1.807) is 6.07 Å². The number of rotatable bonds is 4. The van der Waals surface area contributed by atoms with E-state index < -0.39 is 0 Å². The van der Waals surface area contributed by atoms with E-state index in [4.69, 9.17) is 16.0 Å². The second-order valence-corrected chi connectivity index (χ2v) is 5.17. The number of carbonyl (C=O) groups is 1. The molecule has 0 N–H and O–H groups in total. The van der Waals surface area contributed by atoms with Crippen molar-refractivity contribution in [1.82, 2.24) is 9.80 Å². The van der Waals surface area contributed by atoms with Gasteiger partial charge >= 0.3 is 0 Å². The van der Waals surface area contributed by atoms with Crippen LogP contribution in [0, 0.1) is 0 Å². The predicted octanol–water partition coefficient (Wildman–Crippen LogP) is 2.23. The number of halogens is 1. The summed E-state index contributed by atoms with van der Waals surface area (Å²) in [6.45, 7) is 6.35. The second kappa shape index (κ2) is 6.96. The molecule has 1 fully saturated rings. The van der Waals surface area contributed by atoms with E-state index in [1.807, 2.05) is 17.9 Å². The molecule has 1 aliphatic rings. The Morgan fingerprint density at radius 2 is 2.16 bits per heavy atom. The van der Waals surface area contributed by atoms with Crippen molar-refractivity contribution in [3.05, 3.63) is 23.7 Å². The molecule has 0 radical (unpaired) electrons. The van der Waals surface area contributed by atoms with Gasteiger partial charge in [0.1, 0.15) is 5.76 Å². The number of hydrogen-bond donors (Lipinski definition) is 0. The highest BCUT2D eigenvalue weighted by atomic mass is 35.5. The lowest BCUT2D eigenvalue weighted by atomic mass is 10.3. The zero-order valence-electron chi connectivity index (χ0n) is 11.4. The van der Waals surface area contributed by atoms with Crippen LogP contribution in [0.5, 0.6) is 0 Å². The Kier molecular flexibility index (Phi) is 5.28. The Bertz CT molecular complexity index is 419. The molecule has 1 aromatic rings. The summed E-state index contributed by atoms with van der Waals surface area (Å²) in [6.07, 6.45) is 1.81. The van der Waals surface area contributed by atoms with Crippen LogP contribution in [0.3, 0.4) is 0 Å². The highest BCUT2D eigenvalue weighted by Crippen LogP contribution is 2.13. The highest BCUT2D eigenvalue weighted by molar-refractivity contribution is 6.18. The summed E-state index contributed by atoms with van der Waals surface area (Å²) in [4.78, 5) is 16.5. The molecule has 0 atom stereocenters. The van der Waals surface area contributed by atoms with Gasteiger partial charge < -0.3 is 14.2 Å². The average Bonchev–Trinajstić information content (AvgIpc) is 2.79. The van der Waals surface area contributed by atoms with Gasteiger partial charge in [-0.15, -0.1) is 11.6 Å². The minimum absolute atomic E-state index is 0.00687. The van der Waals surface area contributed by atoms with Crippen LogP contribution in [0.1, 0.15) is 29.7 Å². The van der Waals surface area contributed by atoms with Crippen LogP contribution in [-0.4, -0.2) is 54.3 Å². The zero-order chi connectivity index (χ0) is 13.7. The van der Waals surface area contributed by atoms with Gasteiger partial charge in [0.25, 0.3) is 5.91 Å². The molecule has 1 amide bonds. The third-order valence-electron chi connectivity index (χ3n) is 3.50. The van der Waals surface area contributed by atoms with Crippen molar-refractivity contribution in [3.8, 4) is 0 Å². The maximum absolute atomic E-state index is 12.3. The van der Waals surface area contributed by atoms with Crippen LogP contribution in [-0.2, 0) is 6.42 Å². The largest absolute Gasteiger partial charge is 0.456 e. The summed E-state index contributed by atoms with van der Waals surface area (Å²) in [5, 5.41) is 0. The Labute approximate surface area is 119 Å². The van der Waals surface area contributed by atoms with Crippen molar-refractivity contribution < 1.29 is 9.21 Å². The monoisotopic (exact) mass is 284 g/mol. The number of aryl methyl sites for hydroxylation is 1. The SMILES string of the molecule is CCc1ccc(C(=O)N2CCCN(CCCl)CC2)o1. The summed E-state index contributed by atoms with van der Waals surface area (Å²) in [6, 6.07) is 3.66. The highest BCUT2D eigenvalue weighted by Gasteiger charge is 2.22. The summed E-state index contributed by atoms with van der Waals surface area (Å²) in [7, 11) is 0. The molecule has 0 aromatic carbocycles. The van der Waals surface area contributed by atoms with Gasteiger partial charge in [-0.3, -0.25) is 4.79 Å². The first-order valence-corrected chi connectivity index (χ1v) is 7.44. The normalized spacial score (nSPS) is 17.5. The molecule has 2 heterocycles. The minimum atomic E-state index is 0.00687. The van der Waals surface area contributed by atoms with Crippen LogP contribution in [0.2, 0.25) is 0 Å². The van der Waals surface area contributed by atoms with Gasteiger partial charge in [0, 0.05) is 38.5 Å². The molecule has 1 aliphatic heterocycles. The summed E-state index contributed by atoms with van der Waals surface area (Å²) < 4.78 is 5.54. The smallest absolute Gasteiger partial charge is 0.289 e. The van der Waals surface area contributed by atoms with Gasteiger partial charge in [-0.25, -0.2) is 0 Å².